The molecule has 0 bridgehead atoms. The van der Waals surface area contributed by atoms with Gasteiger partial charge in [0.1, 0.15) is 5.82 Å². The first-order chi connectivity index (χ1) is 10.4. The van der Waals surface area contributed by atoms with E-state index in [0.29, 0.717) is 37.9 Å². The van der Waals surface area contributed by atoms with Gasteiger partial charge < -0.3 is 21.1 Å². The molecule has 0 atom stereocenters. The summed E-state index contributed by atoms with van der Waals surface area (Å²) in [6.45, 7) is 6.31. The maximum atomic E-state index is 13.2. The molecule has 7 heteroatoms. The molecule has 0 fully saturated rings. The Morgan fingerprint density at radius 3 is 2.77 bits per heavy atom. The first-order valence-electron chi connectivity index (χ1n) is 7.07. The van der Waals surface area contributed by atoms with E-state index < -0.39 is 5.82 Å². The molecule has 1 rings (SSSR count). The number of nitrogens with two attached hydrogens (primary N) is 1. The lowest BCUT2D eigenvalue weighted by molar-refractivity contribution is 0.204. The van der Waals surface area contributed by atoms with Crippen molar-refractivity contribution in [2.45, 2.75) is 13.8 Å². The predicted molar refractivity (Wildman–Crippen MR) is 90.0 cm³/mol. The van der Waals surface area contributed by atoms with Crippen molar-refractivity contribution in [1.29, 1.82) is 0 Å². The third kappa shape index (κ3) is 6.60. The molecule has 0 aliphatic rings. The van der Waals surface area contributed by atoms with Crippen molar-refractivity contribution in [2.24, 2.45) is 16.1 Å². The first-order valence-corrected chi connectivity index (χ1v) is 7.45. The van der Waals surface area contributed by atoms with Gasteiger partial charge in [0.2, 0.25) is 0 Å². The molecule has 0 aliphatic carbocycles. The average Bonchev–Trinajstić information content (AvgIpc) is 2.48. The van der Waals surface area contributed by atoms with Crippen LogP contribution in [0, 0.1) is 11.2 Å². The molecule has 0 radical (unpaired) electrons. The normalized spacial score (nSPS) is 12.4. The fourth-order valence-electron chi connectivity index (χ4n) is 1.48. The molecule has 5 nitrogen and oxygen atoms in total. The van der Waals surface area contributed by atoms with E-state index in [2.05, 4.69) is 15.6 Å². The Bertz CT molecular complexity index is 508. The number of benzene rings is 1. The van der Waals surface area contributed by atoms with E-state index in [-0.39, 0.29) is 10.4 Å². The van der Waals surface area contributed by atoms with Gasteiger partial charge in [-0.05, 0) is 30.2 Å². The van der Waals surface area contributed by atoms with Gasteiger partial charge in [0, 0.05) is 25.9 Å². The third-order valence-corrected chi connectivity index (χ3v) is 3.29. The predicted octanol–water partition coefficient (Wildman–Crippen LogP) is 2.47. The highest BCUT2D eigenvalue weighted by molar-refractivity contribution is 6.31. The number of nitrogens with zero attached hydrogens (tertiary/aromatic N) is 1. The van der Waals surface area contributed by atoms with Crippen molar-refractivity contribution in [1.82, 2.24) is 5.32 Å². The molecule has 0 heterocycles. The van der Waals surface area contributed by atoms with E-state index >= 15 is 0 Å². The number of ether oxygens (including phenoxy) is 1. The van der Waals surface area contributed by atoms with Crippen molar-refractivity contribution in [3.63, 3.8) is 0 Å². The molecular weight excluding hydrogens is 307 g/mol. The van der Waals surface area contributed by atoms with E-state index in [4.69, 9.17) is 22.1 Å². The standard InChI is InChI=1S/C15H24ClFN4O/c1-15(2,9-18)10-20-14(19-6-7-22-3)21-11-4-5-13(17)12(16)8-11/h4-5,8H,6-7,9-10,18H2,1-3H3,(H2,19,20,21). The number of guanidine groups is 1. The smallest absolute Gasteiger partial charge is 0.195 e. The second-order valence-electron chi connectivity index (χ2n) is 5.71. The Kier molecular flexibility index (Phi) is 7.58. The summed E-state index contributed by atoms with van der Waals surface area (Å²) in [7, 11) is 1.63. The zero-order valence-electron chi connectivity index (χ0n) is 13.2. The quantitative estimate of drug-likeness (QED) is 0.408. The van der Waals surface area contributed by atoms with Gasteiger partial charge in [-0.3, -0.25) is 4.99 Å². The molecule has 0 amide bonds. The van der Waals surface area contributed by atoms with Crippen molar-refractivity contribution in [3.8, 4) is 0 Å². The van der Waals surface area contributed by atoms with E-state index in [1.165, 1.54) is 12.1 Å². The van der Waals surface area contributed by atoms with Gasteiger partial charge in [-0.1, -0.05) is 25.4 Å². The summed E-state index contributed by atoms with van der Waals surface area (Å²) in [5.41, 5.74) is 6.27. The minimum Gasteiger partial charge on any atom is -0.383 e. The summed E-state index contributed by atoms with van der Waals surface area (Å²) in [5, 5.41) is 6.29. The molecule has 124 valence electrons. The lowest BCUT2D eigenvalue weighted by Crippen LogP contribution is -2.35. The van der Waals surface area contributed by atoms with Crippen molar-refractivity contribution in [3.05, 3.63) is 29.0 Å². The van der Waals surface area contributed by atoms with Crippen LogP contribution in [0.1, 0.15) is 13.8 Å². The first kappa shape index (κ1) is 18.7. The lowest BCUT2D eigenvalue weighted by Gasteiger charge is -2.21. The largest absolute Gasteiger partial charge is 0.383 e. The number of methoxy groups -OCH3 is 1. The van der Waals surface area contributed by atoms with Crippen LogP contribution in [0.25, 0.3) is 0 Å². The van der Waals surface area contributed by atoms with E-state index in [1.54, 1.807) is 13.2 Å². The molecule has 0 saturated heterocycles. The topological polar surface area (TPSA) is 71.7 Å². The van der Waals surface area contributed by atoms with Crippen molar-refractivity contribution in [2.75, 3.05) is 38.7 Å². The van der Waals surface area contributed by atoms with Crippen LogP contribution < -0.4 is 16.4 Å². The zero-order chi connectivity index (χ0) is 16.6. The summed E-state index contributed by atoms with van der Waals surface area (Å²) in [5.74, 6) is 0.114. The SMILES string of the molecule is COCCNC(=NCC(C)(C)CN)Nc1ccc(F)c(Cl)c1. The van der Waals surface area contributed by atoms with Crippen molar-refractivity contribution < 1.29 is 9.13 Å². The van der Waals surface area contributed by atoms with Crippen LogP contribution in [0.4, 0.5) is 10.1 Å². The molecule has 0 aromatic heterocycles. The van der Waals surface area contributed by atoms with Gasteiger partial charge in [0.05, 0.1) is 11.6 Å². The summed E-state index contributed by atoms with van der Waals surface area (Å²) in [6.07, 6.45) is 0. The Morgan fingerprint density at radius 1 is 1.45 bits per heavy atom. The molecule has 1 aromatic carbocycles. The molecule has 0 spiro atoms. The summed E-state index contributed by atoms with van der Waals surface area (Å²) in [4.78, 5) is 4.51. The molecule has 0 aliphatic heterocycles. The van der Waals surface area contributed by atoms with Gasteiger partial charge >= 0.3 is 0 Å². The molecule has 4 N–H and O–H groups in total. The number of anilines is 1. The van der Waals surface area contributed by atoms with Crippen LogP contribution >= 0.6 is 11.6 Å². The zero-order valence-corrected chi connectivity index (χ0v) is 14.0. The molecular formula is C15H24ClFN4O. The summed E-state index contributed by atoms with van der Waals surface area (Å²) < 4.78 is 18.2. The molecule has 1 aromatic rings. The van der Waals surface area contributed by atoms with Gasteiger partial charge in [-0.15, -0.1) is 0 Å². The second-order valence-corrected chi connectivity index (χ2v) is 6.11. The lowest BCUT2D eigenvalue weighted by atomic mass is 9.94. The molecule has 22 heavy (non-hydrogen) atoms. The van der Waals surface area contributed by atoms with Crippen LogP contribution in [0.3, 0.4) is 0 Å². The number of rotatable bonds is 7. The molecule has 0 unspecified atom stereocenters. The highest BCUT2D eigenvalue weighted by Gasteiger charge is 2.15. The van der Waals surface area contributed by atoms with Crippen molar-refractivity contribution >= 4 is 23.2 Å². The van der Waals surface area contributed by atoms with Crippen LogP contribution in [-0.4, -0.2) is 39.3 Å². The number of hydrogen-bond acceptors (Lipinski definition) is 3. The number of nitrogens with one attached hydrogen (secondary N) is 2. The minimum absolute atomic E-state index is 0.0588. The Labute approximate surface area is 136 Å². The Hall–Kier alpha value is -1.37. The Balaban J connectivity index is 2.80. The van der Waals surface area contributed by atoms with E-state index in [1.807, 2.05) is 13.8 Å². The highest BCUT2D eigenvalue weighted by atomic mass is 35.5. The number of aliphatic imine (C=N–C) groups is 1. The number of halogens is 2. The monoisotopic (exact) mass is 330 g/mol. The highest BCUT2D eigenvalue weighted by Crippen LogP contribution is 2.19. The van der Waals surface area contributed by atoms with Gasteiger partial charge in [0.25, 0.3) is 0 Å². The van der Waals surface area contributed by atoms with Crippen LogP contribution in [0.2, 0.25) is 5.02 Å². The fourth-order valence-corrected chi connectivity index (χ4v) is 1.66. The fraction of sp³-hybridized carbons (Fsp3) is 0.533. The Morgan fingerprint density at radius 2 is 2.18 bits per heavy atom. The average molecular weight is 331 g/mol. The van der Waals surface area contributed by atoms with Gasteiger partial charge in [-0.25, -0.2) is 4.39 Å². The summed E-state index contributed by atoms with van der Waals surface area (Å²) >= 11 is 5.78. The maximum Gasteiger partial charge on any atom is 0.195 e. The van der Waals surface area contributed by atoms with E-state index in [0.717, 1.165) is 0 Å². The minimum atomic E-state index is -0.456. The maximum absolute atomic E-state index is 13.2. The van der Waals surface area contributed by atoms with E-state index in [9.17, 15) is 4.39 Å². The summed E-state index contributed by atoms with van der Waals surface area (Å²) in [6, 6.07) is 4.42. The van der Waals surface area contributed by atoms with Gasteiger partial charge in [-0.2, -0.15) is 0 Å². The van der Waals surface area contributed by atoms with Crippen LogP contribution in [0.15, 0.2) is 23.2 Å². The van der Waals surface area contributed by atoms with Gasteiger partial charge in [0.15, 0.2) is 5.96 Å². The third-order valence-electron chi connectivity index (χ3n) is 3.00. The molecule has 0 saturated carbocycles. The number of hydrogen-bond donors (Lipinski definition) is 3. The van der Waals surface area contributed by atoms with Crippen LogP contribution in [-0.2, 0) is 4.74 Å². The van der Waals surface area contributed by atoms with Crippen LogP contribution in [0.5, 0.6) is 0 Å². The second kappa shape index (κ2) is 8.92.